The second-order valence-corrected chi connectivity index (χ2v) is 5.55. The summed E-state index contributed by atoms with van der Waals surface area (Å²) in [6.07, 6.45) is 1.39. The first-order valence-electron chi connectivity index (χ1n) is 7.63. The van der Waals surface area contributed by atoms with Gasteiger partial charge in [-0.3, -0.25) is 9.59 Å². The van der Waals surface area contributed by atoms with Gasteiger partial charge >= 0.3 is 11.8 Å². The number of hydrogen-bond acceptors (Lipinski definition) is 4. The highest BCUT2D eigenvalue weighted by molar-refractivity contribution is 6.39. The predicted octanol–water partition coefficient (Wildman–Crippen LogP) is 3.14. The van der Waals surface area contributed by atoms with E-state index >= 15 is 0 Å². The first-order valence-corrected chi connectivity index (χ1v) is 8.00. The number of anilines is 1. The van der Waals surface area contributed by atoms with Crippen molar-refractivity contribution < 1.29 is 14.3 Å². The minimum atomic E-state index is -0.866. The Morgan fingerprint density at radius 1 is 1.20 bits per heavy atom. The van der Waals surface area contributed by atoms with Crippen molar-refractivity contribution >= 4 is 35.3 Å². The zero-order valence-electron chi connectivity index (χ0n) is 13.9. The zero-order valence-corrected chi connectivity index (χ0v) is 14.6. The molecule has 0 aliphatic heterocycles. The number of rotatable bonds is 5. The van der Waals surface area contributed by atoms with Gasteiger partial charge in [0.25, 0.3) is 0 Å². The predicted molar refractivity (Wildman–Crippen MR) is 98.2 cm³/mol. The first kappa shape index (κ1) is 18.5. The molecule has 2 rings (SSSR count). The summed E-state index contributed by atoms with van der Waals surface area (Å²) < 4.78 is 5.33. The van der Waals surface area contributed by atoms with Crippen molar-refractivity contribution in [1.29, 1.82) is 0 Å². The maximum Gasteiger partial charge on any atom is 0.329 e. The van der Waals surface area contributed by atoms with E-state index in [-0.39, 0.29) is 0 Å². The third-order valence-electron chi connectivity index (χ3n) is 3.12. The quantitative estimate of drug-likeness (QED) is 0.489. The van der Waals surface area contributed by atoms with E-state index in [0.717, 1.165) is 5.56 Å². The van der Waals surface area contributed by atoms with Crippen LogP contribution in [-0.4, -0.2) is 24.6 Å². The Hall–Kier alpha value is -2.86. The molecule has 0 unspecified atom stereocenters. The Morgan fingerprint density at radius 2 is 2.00 bits per heavy atom. The van der Waals surface area contributed by atoms with Crippen LogP contribution in [0, 0.1) is 6.92 Å². The normalized spacial score (nSPS) is 10.5. The van der Waals surface area contributed by atoms with Gasteiger partial charge in [-0.1, -0.05) is 23.7 Å². The molecule has 0 aliphatic rings. The largest absolute Gasteiger partial charge is 0.492 e. The summed E-state index contributed by atoms with van der Waals surface area (Å²) in [6, 6.07) is 12.2. The maximum atomic E-state index is 11.8. The van der Waals surface area contributed by atoms with Gasteiger partial charge in [0.1, 0.15) is 5.75 Å². The molecule has 0 saturated carbocycles. The standard InChI is InChI=1S/C18H18ClN3O3/c1-3-25-16-8-7-13(10-15(16)19)11-20-22-18(24)17(23)21-14-6-4-5-12(2)9-14/h4-11H,3H2,1-2H3,(H,21,23)(H,22,24)/b20-11-. The second-order valence-electron chi connectivity index (χ2n) is 5.15. The summed E-state index contributed by atoms with van der Waals surface area (Å²) in [4.78, 5) is 23.5. The Balaban J connectivity index is 1.91. The highest BCUT2D eigenvalue weighted by atomic mass is 35.5. The molecule has 2 amide bonds. The van der Waals surface area contributed by atoms with Gasteiger partial charge in [0.05, 0.1) is 17.8 Å². The van der Waals surface area contributed by atoms with Gasteiger partial charge in [0.15, 0.2) is 0 Å². The number of halogens is 1. The van der Waals surface area contributed by atoms with Gasteiger partial charge in [-0.05, 0) is 55.3 Å². The van der Waals surface area contributed by atoms with Crippen LogP contribution >= 0.6 is 11.6 Å². The van der Waals surface area contributed by atoms with Crippen LogP contribution in [0.2, 0.25) is 5.02 Å². The fourth-order valence-corrected chi connectivity index (χ4v) is 2.24. The molecule has 0 radical (unpaired) electrons. The van der Waals surface area contributed by atoms with Crippen LogP contribution in [-0.2, 0) is 9.59 Å². The molecule has 0 saturated heterocycles. The molecule has 0 aromatic heterocycles. The lowest BCUT2D eigenvalue weighted by Gasteiger charge is -2.06. The molecule has 25 heavy (non-hydrogen) atoms. The fourth-order valence-electron chi connectivity index (χ4n) is 2.00. The number of ether oxygens (including phenoxy) is 1. The minimum Gasteiger partial charge on any atom is -0.492 e. The molecule has 0 atom stereocenters. The maximum absolute atomic E-state index is 11.8. The first-order chi connectivity index (χ1) is 12.0. The van der Waals surface area contributed by atoms with Crippen molar-refractivity contribution in [2.24, 2.45) is 5.10 Å². The smallest absolute Gasteiger partial charge is 0.329 e. The number of carbonyl (C=O) groups excluding carboxylic acids is 2. The fraction of sp³-hybridized carbons (Fsp3) is 0.167. The lowest BCUT2D eigenvalue weighted by molar-refractivity contribution is -0.136. The van der Waals surface area contributed by atoms with E-state index in [1.54, 1.807) is 36.4 Å². The van der Waals surface area contributed by atoms with Crippen LogP contribution in [0.4, 0.5) is 5.69 Å². The van der Waals surface area contributed by atoms with Crippen molar-refractivity contribution in [3.05, 3.63) is 58.6 Å². The molecule has 2 aromatic carbocycles. The van der Waals surface area contributed by atoms with Crippen LogP contribution < -0.4 is 15.5 Å². The van der Waals surface area contributed by atoms with Crippen molar-refractivity contribution in [3.63, 3.8) is 0 Å². The van der Waals surface area contributed by atoms with Crippen molar-refractivity contribution in [3.8, 4) is 5.75 Å². The third kappa shape index (κ3) is 5.61. The molecule has 7 heteroatoms. The number of nitrogens with zero attached hydrogens (tertiary/aromatic N) is 1. The van der Waals surface area contributed by atoms with E-state index < -0.39 is 11.8 Å². The zero-order chi connectivity index (χ0) is 18.2. The Bertz CT molecular complexity index is 806. The van der Waals surface area contributed by atoms with Crippen LogP contribution in [0.1, 0.15) is 18.1 Å². The van der Waals surface area contributed by atoms with Gasteiger partial charge in [0.2, 0.25) is 0 Å². The van der Waals surface area contributed by atoms with Gasteiger partial charge < -0.3 is 10.1 Å². The van der Waals surface area contributed by atoms with Crippen LogP contribution in [0.25, 0.3) is 0 Å². The lowest BCUT2D eigenvalue weighted by atomic mass is 10.2. The average molecular weight is 360 g/mol. The van der Waals surface area contributed by atoms with E-state index in [1.807, 2.05) is 19.9 Å². The number of nitrogens with one attached hydrogen (secondary N) is 2. The van der Waals surface area contributed by atoms with Gasteiger partial charge in [0, 0.05) is 5.69 Å². The number of hydrazone groups is 1. The van der Waals surface area contributed by atoms with Crippen LogP contribution in [0.15, 0.2) is 47.6 Å². The van der Waals surface area contributed by atoms with Gasteiger partial charge in [-0.15, -0.1) is 0 Å². The average Bonchev–Trinajstić information content (AvgIpc) is 2.57. The number of hydrogen-bond donors (Lipinski definition) is 2. The summed E-state index contributed by atoms with van der Waals surface area (Å²) in [5.41, 5.74) is 4.35. The number of benzene rings is 2. The lowest BCUT2D eigenvalue weighted by Crippen LogP contribution is -2.32. The van der Waals surface area contributed by atoms with Crippen molar-refractivity contribution in [2.75, 3.05) is 11.9 Å². The summed E-state index contributed by atoms with van der Waals surface area (Å²) in [5.74, 6) is -1.09. The van der Waals surface area contributed by atoms with E-state index in [9.17, 15) is 9.59 Å². The minimum absolute atomic E-state index is 0.439. The molecule has 2 aromatic rings. The molecule has 0 bridgehead atoms. The number of carbonyl (C=O) groups is 2. The number of aryl methyl sites for hydroxylation is 1. The Kier molecular flexibility index (Phi) is 6.54. The SMILES string of the molecule is CCOc1ccc(/C=N\NC(=O)C(=O)Nc2cccc(C)c2)cc1Cl. The van der Waals surface area contributed by atoms with E-state index in [4.69, 9.17) is 16.3 Å². The van der Waals surface area contributed by atoms with E-state index in [2.05, 4.69) is 15.8 Å². The molecular weight excluding hydrogens is 342 g/mol. The van der Waals surface area contributed by atoms with Crippen LogP contribution in [0.3, 0.4) is 0 Å². The van der Waals surface area contributed by atoms with Gasteiger partial charge in [-0.2, -0.15) is 5.10 Å². The van der Waals surface area contributed by atoms with Crippen LogP contribution in [0.5, 0.6) is 5.75 Å². The molecule has 2 N–H and O–H groups in total. The van der Waals surface area contributed by atoms with Crippen molar-refractivity contribution in [1.82, 2.24) is 5.43 Å². The van der Waals surface area contributed by atoms with E-state index in [1.165, 1.54) is 6.21 Å². The number of amides is 2. The second kappa shape index (κ2) is 8.84. The third-order valence-corrected chi connectivity index (χ3v) is 3.41. The molecule has 0 fully saturated rings. The van der Waals surface area contributed by atoms with E-state index in [0.29, 0.717) is 28.6 Å². The molecule has 130 valence electrons. The summed E-state index contributed by atoms with van der Waals surface area (Å²) in [7, 11) is 0. The Morgan fingerprint density at radius 3 is 2.68 bits per heavy atom. The molecular formula is C18H18ClN3O3. The van der Waals surface area contributed by atoms with Crippen molar-refractivity contribution in [2.45, 2.75) is 13.8 Å². The topological polar surface area (TPSA) is 79.8 Å². The van der Waals surface area contributed by atoms with Gasteiger partial charge in [-0.25, -0.2) is 5.43 Å². The summed E-state index contributed by atoms with van der Waals surface area (Å²) in [5, 5.41) is 6.69. The summed E-state index contributed by atoms with van der Waals surface area (Å²) in [6.45, 7) is 4.27. The molecule has 0 heterocycles. The Labute approximate surface area is 150 Å². The highest BCUT2D eigenvalue weighted by Gasteiger charge is 2.12. The monoisotopic (exact) mass is 359 g/mol. The molecule has 0 spiro atoms. The molecule has 6 nitrogen and oxygen atoms in total. The summed E-state index contributed by atoms with van der Waals surface area (Å²) >= 11 is 6.06. The molecule has 0 aliphatic carbocycles. The highest BCUT2D eigenvalue weighted by Crippen LogP contribution is 2.24.